The zero-order chi connectivity index (χ0) is 14.7. The molecular formula is C16H15F2NO. The van der Waals surface area contributed by atoms with Gasteiger partial charge in [0, 0.05) is 11.3 Å². The Morgan fingerprint density at radius 1 is 1.20 bits per heavy atom. The normalized spacial score (nSPS) is 10.4. The molecule has 0 unspecified atom stereocenters. The van der Waals surface area contributed by atoms with Gasteiger partial charge in [-0.2, -0.15) is 0 Å². The van der Waals surface area contributed by atoms with Crippen molar-refractivity contribution in [1.82, 2.24) is 0 Å². The summed E-state index contributed by atoms with van der Waals surface area (Å²) in [5.74, 6) is -1.14. The van der Waals surface area contributed by atoms with E-state index >= 15 is 0 Å². The quantitative estimate of drug-likeness (QED) is 0.834. The molecule has 0 amide bonds. The lowest BCUT2D eigenvalue weighted by atomic mass is 10.0. The lowest BCUT2D eigenvalue weighted by molar-refractivity contribution is 0.101. The maximum absolute atomic E-state index is 14.4. The molecule has 0 aliphatic carbocycles. The Morgan fingerprint density at radius 3 is 2.55 bits per heavy atom. The standard InChI is InChI=1S/C16H15F2NO/c1-3-11-7-8-14(10(2)20)16(15(11)18)19-13-6-4-5-12(17)9-13/h4-9,19H,3H2,1-2H3. The van der Waals surface area contributed by atoms with Gasteiger partial charge in [-0.1, -0.05) is 19.1 Å². The number of carbonyl (C=O) groups is 1. The van der Waals surface area contributed by atoms with Crippen LogP contribution in [0.25, 0.3) is 0 Å². The van der Waals surface area contributed by atoms with Gasteiger partial charge in [-0.3, -0.25) is 4.79 Å². The minimum atomic E-state index is -0.468. The van der Waals surface area contributed by atoms with Crippen LogP contribution in [-0.2, 0) is 6.42 Å². The van der Waals surface area contributed by atoms with E-state index in [0.29, 0.717) is 17.7 Å². The third kappa shape index (κ3) is 2.85. The molecule has 2 aromatic rings. The lowest BCUT2D eigenvalue weighted by Gasteiger charge is -2.14. The van der Waals surface area contributed by atoms with Crippen LogP contribution in [0.1, 0.15) is 29.8 Å². The molecule has 104 valence electrons. The molecule has 0 saturated heterocycles. The number of nitrogens with one attached hydrogen (secondary N) is 1. The van der Waals surface area contributed by atoms with Gasteiger partial charge < -0.3 is 5.32 Å². The summed E-state index contributed by atoms with van der Waals surface area (Å²) in [6.07, 6.45) is 0.516. The number of rotatable bonds is 4. The highest BCUT2D eigenvalue weighted by atomic mass is 19.1. The predicted octanol–water partition coefficient (Wildman–Crippen LogP) is 4.47. The first-order valence-electron chi connectivity index (χ1n) is 6.37. The maximum atomic E-state index is 14.4. The second-order valence-electron chi connectivity index (χ2n) is 4.51. The Labute approximate surface area is 116 Å². The van der Waals surface area contributed by atoms with Crippen LogP contribution in [0.5, 0.6) is 0 Å². The molecule has 0 heterocycles. The summed E-state index contributed by atoms with van der Waals surface area (Å²) in [5.41, 5.74) is 1.26. The molecule has 0 aromatic heterocycles. The maximum Gasteiger partial charge on any atom is 0.161 e. The number of hydrogen-bond acceptors (Lipinski definition) is 2. The third-order valence-corrected chi connectivity index (χ3v) is 3.08. The topological polar surface area (TPSA) is 29.1 Å². The van der Waals surface area contributed by atoms with E-state index in [1.807, 2.05) is 6.92 Å². The number of benzene rings is 2. The van der Waals surface area contributed by atoms with E-state index < -0.39 is 11.6 Å². The molecule has 0 fully saturated rings. The smallest absolute Gasteiger partial charge is 0.161 e. The second kappa shape index (κ2) is 5.82. The van der Waals surface area contributed by atoms with E-state index in [1.54, 1.807) is 18.2 Å². The van der Waals surface area contributed by atoms with Gasteiger partial charge >= 0.3 is 0 Å². The molecule has 0 spiro atoms. The van der Waals surface area contributed by atoms with E-state index in [0.717, 1.165) is 0 Å². The first-order chi connectivity index (χ1) is 9.52. The number of aryl methyl sites for hydroxylation is 1. The molecule has 0 aliphatic rings. The highest BCUT2D eigenvalue weighted by Crippen LogP contribution is 2.28. The van der Waals surface area contributed by atoms with E-state index in [4.69, 9.17) is 0 Å². The molecule has 0 bridgehead atoms. The van der Waals surface area contributed by atoms with E-state index in [1.165, 1.54) is 25.1 Å². The van der Waals surface area contributed by atoms with E-state index in [-0.39, 0.29) is 17.0 Å². The minimum Gasteiger partial charge on any atom is -0.352 e. The third-order valence-electron chi connectivity index (χ3n) is 3.08. The van der Waals surface area contributed by atoms with Crippen molar-refractivity contribution in [3.63, 3.8) is 0 Å². The van der Waals surface area contributed by atoms with Crippen LogP contribution < -0.4 is 5.32 Å². The van der Waals surface area contributed by atoms with Crippen molar-refractivity contribution in [2.75, 3.05) is 5.32 Å². The van der Waals surface area contributed by atoms with Crippen molar-refractivity contribution >= 4 is 17.2 Å². The van der Waals surface area contributed by atoms with Gasteiger partial charge in [0.1, 0.15) is 5.82 Å². The average molecular weight is 275 g/mol. The number of ketones is 1. The Kier molecular flexibility index (Phi) is 4.13. The number of hydrogen-bond donors (Lipinski definition) is 1. The highest BCUT2D eigenvalue weighted by molar-refractivity contribution is 6.00. The van der Waals surface area contributed by atoms with Crippen molar-refractivity contribution in [2.24, 2.45) is 0 Å². The van der Waals surface area contributed by atoms with Crippen molar-refractivity contribution in [3.8, 4) is 0 Å². The van der Waals surface area contributed by atoms with E-state index in [9.17, 15) is 13.6 Å². The molecule has 4 heteroatoms. The molecule has 20 heavy (non-hydrogen) atoms. The van der Waals surface area contributed by atoms with Crippen molar-refractivity contribution < 1.29 is 13.6 Å². The van der Waals surface area contributed by atoms with E-state index in [2.05, 4.69) is 5.32 Å². The van der Waals surface area contributed by atoms with Gasteiger partial charge in [-0.05, 0) is 43.2 Å². The van der Waals surface area contributed by atoms with Crippen molar-refractivity contribution in [3.05, 3.63) is 59.2 Å². The van der Waals surface area contributed by atoms with Gasteiger partial charge in [0.15, 0.2) is 11.6 Å². The Bertz CT molecular complexity index is 653. The first-order valence-corrected chi connectivity index (χ1v) is 6.37. The Morgan fingerprint density at radius 2 is 1.95 bits per heavy atom. The van der Waals surface area contributed by atoms with Crippen LogP contribution in [-0.4, -0.2) is 5.78 Å². The minimum absolute atomic E-state index is 0.0995. The molecule has 0 atom stereocenters. The largest absolute Gasteiger partial charge is 0.352 e. The van der Waals surface area contributed by atoms with Crippen molar-refractivity contribution in [1.29, 1.82) is 0 Å². The molecule has 0 radical (unpaired) electrons. The van der Waals surface area contributed by atoms with Crippen LogP contribution in [0.3, 0.4) is 0 Å². The van der Waals surface area contributed by atoms with Crippen LogP contribution in [0.2, 0.25) is 0 Å². The fraction of sp³-hybridized carbons (Fsp3) is 0.188. The number of Topliss-reactive ketones (excluding diaryl/α,β-unsaturated/α-hetero) is 1. The molecule has 2 rings (SSSR count). The number of halogens is 2. The monoisotopic (exact) mass is 275 g/mol. The molecule has 1 N–H and O–H groups in total. The van der Waals surface area contributed by atoms with Gasteiger partial charge in [0.05, 0.1) is 5.69 Å². The zero-order valence-electron chi connectivity index (χ0n) is 11.3. The van der Waals surface area contributed by atoms with Gasteiger partial charge in [-0.25, -0.2) is 8.78 Å². The van der Waals surface area contributed by atoms with Gasteiger partial charge in [0.2, 0.25) is 0 Å². The number of anilines is 2. The first kappa shape index (κ1) is 14.2. The lowest BCUT2D eigenvalue weighted by Crippen LogP contribution is -2.05. The fourth-order valence-electron chi connectivity index (χ4n) is 2.02. The van der Waals surface area contributed by atoms with Crippen LogP contribution in [0.15, 0.2) is 36.4 Å². The molecule has 0 saturated carbocycles. The number of carbonyl (C=O) groups excluding carboxylic acids is 1. The summed E-state index contributed by atoms with van der Waals surface area (Å²) in [6, 6.07) is 8.88. The zero-order valence-corrected chi connectivity index (χ0v) is 11.3. The molecule has 2 nitrogen and oxygen atoms in total. The highest BCUT2D eigenvalue weighted by Gasteiger charge is 2.15. The van der Waals surface area contributed by atoms with Gasteiger partial charge in [0.25, 0.3) is 0 Å². The van der Waals surface area contributed by atoms with Crippen LogP contribution >= 0.6 is 0 Å². The second-order valence-corrected chi connectivity index (χ2v) is 4.51. The molecular weight excluding hydrogens is 260 g/mol. The Hall–Kier alpha value is -2.23. The molecule has 2 aromatic carbocycles. The Balaban J connectivity index is 2.50. The molecule has 0 aliphatic heterocycles. The summed E-state index contributed by atoms with van der Waals surface area (Å²) in [7, 11) is 0. The summed E-state index contributed by atoms with van der Waals surface area (Å²) >= 11 is 0. The fourth-order valence-corrected chi connectivity index (χ4v) is 2.02. The van der Waals surface area contributed by atoms with Gasteiger partial charge in [-0.15, -0.1) is 0 Å². The van der Waals surface area contributed by atoms with Crippen LogP contribution in [0.4, 0.5) is 20.2 Å². The summed E-state index contributed by atoms with van der Waals surface area (Å²) in [4.78, 5) is 11.6. The predicted molar refractivity (Wildman–Crippen MR) is 75.5 cm³/mol. The van der Waals surface area contributed by atoms with Crippen molar-refractivity contribution in [2.45, 2.75) is 20.3 Å². The SMILES string of the molecule is CCc1ccc(C(C)=O)c(Nc2cccc(F)c2)c1F. The summed E-state index contributed by atoms with van der Waals surface area (Å²) in [5, 5.41) is 2.80. The summed E-state index contributed by atoms with van der Waals surface area (Å²) < 4.78 is 27.5. The average Bonchev–Trinajstić information content (AvgIpc) is 2.40. The van der Waals surface area contributed by atoms with Crippen LogP contribution in [0, 0.1) is 11.6 Å². The summed E-state index contributed by atoms with van der Waals surface area (Å²) in [6.45, 7) is 3.20.